The number of carbonyl (C=O) groups excluding carboxylic acids is 3. The van der Waals surface area contributed by atoms with Crippen molar-refractivity contribution in [3.63, 3.8) is 0 Å². The van der Waals surface area contributed by atoms with Gasteiger partial charge in [-0.1, -0.05) is 12.1 Å². The van der Waals surface area contributed by atoms with Gasteiger partial charge in [0.1, 0.15) is 5.75 Å². The molecule has 0 bridgehead atoms. The highest BCUT2D eigenvalue weighted by molar-refractivity contribution is 6.11. The number of hydrogen-bond acceptors (Lipinski definition) is 7. The maximum Gasteiger partial charge on any atom is 0.251 e. The largest absolute Gasteiger partial charge is 0.507 e. The molecule has 2 amide bonds. The number of pyridine rings is 1. The Kier molecular flexibility index (Phi) is 8.71. The third kappa shape index (κ3) is 6.48. The molecule has 0 radical (unpaired) electrons. The zero-order valence-corrected chi connectivity index (χ0v) is 22.4. The molecule has 4 N–H and O–H groups in total. The van der Waals surface area contributed by atoms with E-state index in [0.717, 1.165) is 44.6 Å². The van der Waals surface area contributed by atoms with Crippen LogP contribution in [0.3, 0.4) is 0 Å². The number of aromatic hydroxyl groups is 1. The molecule has 1 aromatic heterocycles. The van der Waals surface area contributed by atoms with Gasteiger partial charge in [0.05, 0.1) is 17.6 Å². The normalized spacial score (nSPS) is 19.4. The van der Waals surface area contributed by atoms with E-state index >= 15 is 0 Å². The minimum Gasteiger partial charge on any atom is -0.507 e. The minimum absolute atomic E-state index is 0.0607. The minimum atomic E-state index is -0.294. The fourth-order valence-electron chi connectivity index (χ4n) is 5.36. The van der Waals surface area contributed by atoms with Crippen molar-refractivity contribution in [1.29, 1.82) is 0 Å². The first-order valence-electron chi connectivity index (χ1n) is 13.9. The molecule has 2 aliphatic rings. The summed E-state index contributed by atoms with van der Waals surface area (Å²) in [5.41, 5.74) is 2.50. The molecule has 5 rings (SSSR count). The summed E-state index contributed by atoms with van der Waals surface area (Å²) < 4.78 is 0. The van der Waals surface area contributed by atoms with E-state index in [0.29, 0.717) is 29.7 Å². The van der Waals surface area contributed by atoms with Crippen LogP contribution in [0.15, 0.2) is 67.0 Å². The number of carbonyl (C=O) groups is 3. The van der Waals surface area contributed by atoms with Crippen molar-refractivity contribution >= 4 is 23.3 Å². The molecule has 9 nitrogen and oxygen atoms in total. The van der Waals surface area contributed by atoms with Gasteiger partial charge in [-0.05, 0) is 81.1 Å². The van der Waals surface area contributed by atoms with Gasteiger partial charge in [0.2, 0.25) is 0 Å². The molecule has 0 spiro atoms. The Morgan fingerprint density at radius 1 is 0.800 bits per heavy atom. The van der Waals surface area contributed by atoms with Gasteiger partial charge < -0.3 is 26.0 Å². The van der Waals surface area contributed by atoms with Crippen LogP contribution < -0.4 is 20.9 Å². The Hall–Kier alpha value is -4.24. The summed E-state index contributed by atoms with van der Waals surface area (Å²) in [6, 6.07) is 14.4. The monoisotopic (exact) mass is 541 g/mol. The maximum atomic E-state index is 13.3. The SMILES string of the molecule is O=C(N[C@@H]1CCCNC[C@H]1NC(=O)c1ccncc1)c1ccc(C(=O)c2cc(N3CCCCC3)ccc2O)cc1. The van der Waals surface area contributed by atoms with Crippen molar-refractivity contribution in [1.82, 2.24) is 20.9 Å². The number of phenolic OH excluding ortho intramolecular Hbond substituents is 1. The molecule has 0 unspecified atom stereocenters. The molecule has 2 saturated heterocycles. The van der Waals surface area contributed by atoms with Gasteiger partial charge in [0.15, 0.2) is 5.78 Å². The van der Waals surface area contributed by atoms with Crippen LogP contribution in [-0.4, -0.2) is 66.0 Å². The summed E-state index contributed by atoms with van der Waals surface area (Å²) in [6.45, 7) is 3.22. The molecular formula is C31H35N5O4. The molecule has 0 aliphatic carbocycles. The Labute approximate surface area is 234 Å². The van der Waals surface area contributed by atoms with Crippen LogP contribution in [0.1, 0.15) is 68.7 Å². The van der Waals surface area contributed by atoms with Crippen molar-refractivity contribution in [3.05, 3.63) is 89.2 Å². The lowest BCUT2D eigenvalue weighted by Gasteiger charge is -2.29. The third-order valence-corrected chi connectivity index (χ3v) is 7.65. The van der Waals surface area contributed by atoms with Crippen molar-refractivity contribution in [2.45, 2.75) is 44.2 Å². The zero-order chi connectivity index (χ0) is 27.9. The highest BCUT2D eigenvalue weighted by atomic mass is 16.3. The summed E-state index contributed by atoms with van der Waals surface area (Å²) >= 11 is 0. The highest BCUT2D eigenvalue weighted by Gasteiger charge is 2.27. The van der Waals surface area contributed by atoms with Gasteiger partial charge in [-0.3, -0.25) is 19.4 Å². The second-order valence-electron chi connectivity index (χ2n) is 10.4. The average Bonchev–Trinajstić information content (AvgIpc) is 3.22. The third-order valence-electron chi connectivity index (χ3n) is 7.65. The molecule has 2 atom stereocenters. The number of aromatic nitrogens is 1. The van der Waals surface area contributed by atoms with Gasteiger partial charge in [0, 0.05) is 54.4 Å². The van der Waals surface area contributed by atoms with Crippen LogP contribution in [0.2, 0.25) is 0 Å². The molecule has 2 aliphatic heterocycles. The molecule has 0 saturated carbocycles. The number of rotatable bonds is 7. The topological polar surface area (TPSA) is 124 Å². The number of piperidine rings is 1. The van der Waals surface area contributed by atoms with E-state index in [4.69, 9.17) is 0 Å². The molecule has 2 aromatic carbocycles. The van der Waals surface area contributed by atoms with E-state index in [9.17, 15) is 19.5 Å². The first-order valence-corrected chi connectivity index (χ1v) is 13.9. The molecule has 3 aromatic rings. The average molecular weight is 542 g/mol. The van der Waals surface area contributed by atoms with Crippen LogP contribution in [0.25, 0.3) is 0 Å². The predicted molar refractivity (Wildman–Crippen MR) is 153 cm³/mol. The molecular weight excluding hydrogens is 506 g/mol. The maximum absolute atomic E-state index is 13.3. The van der Waals surface area contributed by atoms with Crippen molar-refractivity contribution in [3.8, 4) is 5.75 Å². The number of hydrogen-bond donors (Lipinski definition) is 4. The fourth-order valence-corrected chi connectivity index (χ4v) is 5.36. The lowest BCUT2D eigenvalue weighted by atomic mass is 9.99. The summed E-state index contributed by atoms with van der Waals surface area (Å²) in [7, 11) is 0. The van der Waals surface area contributed by atoms with Crippen molar-refractivity contribution < 1.29 is 19.5 Å². The van der Waals surface area contributed by atoms with Crippen molar-refractivity contribution in [2.24, 2.45) is 0 Å². The van der Waals surface area contributed by atoms with E-state index in [1.54, 1.807) is 60.9 Å². The summed E-state index contributed by atoms with van der Waals surface area (Å²) in [5, 5.41) is 19.9. The van der Waals surface area contributed by atoms with Gasteiger partial charge in [-0.15, -0.1) is 0 Å². The van der Waals surface area contributed by atoms with E-state index in [1.807, 2.05) is 6.07 Å². The van der Waals surface area contributed by atoms with Crippen LogP contribution in [0.4, 0.5) is 5.69 Å². The zero-order valence-electron chi connectivity index (χ0n) is 22.4. The van der Waals surface area contributed by atoms with Gasteiger partial charge in [-0.25, -0.2) is 0 Å². The smallest absolute Gasteiger partial charge is 0.251 e. The van der Waals surface area contributed by atoms with E-state index < -0.39 is 0 Å². The standard InChI is InChI=1S/C31H35N5O4/c37-28-11-10-24(36-17-2-1-3-18-36)19-25(28)29(38)21-6-8-22(9-7-21)30(39)34-26-5-4-14-33-20-27(26)35-31(40)23-12-15-32-16-13-23/h6-13,15-16,19,26-27,33,37H,1-5,14,17-18,20H2,(H,34,39)(H,35,40)/t26-,27-/m1/s1. The Bertz CT molecular complexity index is 1340. The van der Waals surface area contributed by atoms with Crippen LogP contribution in [0.5, 0.6) is 5.75 Å². The first-order chi connectivity index (χ1) is 19.5. The van der Waals surface area contributed by atoms with Gasteiger partial charge in [-0.2, -0.15) is 0 Å². The van der Waals surface area contributed by atoms with Crippen LogP contribution >= 0.6 is 0 Å². The van der Waals surface area contributed by atoms with E-state index in [-0.39, 0.29) is 41.0 Å². The Balaban J connectivity index is 1.26. The summed E-state index contributed by atoms with van der Waals surface area (Å²) in [5.74, 6) is -0.846. The second kappa shape index (κ2) is 12.7. The molecule has 208 valence electrons. The lowest BCUT2D eigenvalue weighted by molar-refractivity contribution is 0.0882. The fraction of sp³-hybridized carbons (Fsp3) is 0.355. The van der Waals surface area contributed by atoms with E-state index in [1.165, 1.54) is 6.42 Å². The van der Waals surface area contributed by atoms with E-state index in [2.05, 4.69) is 25.8 Å². The predicted octanol–water partition coefficient (Wildman–Crippen LogP) is 3.29. The molecule has 40 heavy (non-hydrogen) atoms. The first kappa shape index (κ1) is 27.3. The molecule has 2 fully saturated rings. The van der Waals surface area contributed by atoms with Gasteiger partial charge >= 0.3 is 0 Å². The highest BCUT2D eigenvalue weighted by Crippen LogP contribution is 2.28. The number of amides is 2. The number of phenols is 1. The molecule has 3 heterocycles. The summed E-state index contributed by atoms with van der Waals surface area (Å²) in [6.07, 6.45) is 8.15. The quantitative estimate of drug-likeness (QED) is 0.339. The molecule has 9 heteroatoms. The van der Waals surface area contributed by atoms with Crippen molar-refractivity contribution in [2.75, 3.05) is 31.1 Å². The van der Waals surface area contributed by atoms with Crippen LogP contribution in [-0.2, 0) is 0 Å². The lowest BCUT2D eigenvalue weighted by Crippen LogP contribution is -2.54. The number of benzene rings is 2. The number of nitrogens with one attached hydrogen (secondary N) is 3. The van der Waals surface area contributed by atoms with Crippen LogP contribution in [0, 0.1) is 0 Å². The summed E-state index contributed by atoms with van der Waals surface area (Å²) in [4.78, 5) is 45.4. The Morgan fingerprint density at radius 2 is 1.45 bits per heavy atom. The second-order valence-corrected chi connectivity index (χ2v) is 10.4. The Morgan fingerprint density at radius 3 is 2.17 bits per heavy atom. The number of anilines is 1. The van der Waals surface area contributed by atoms with Gasteiger partial charge in [0.25, 0.3) is 11.8 Å². The number of nitrogens with zero attached hydrogens (tertiary/aromatic N) is 2. The number of ketones is 1.